The average Bonchev–Trinajstić information content (AvgIpc) is 2.55. The molecule has 0 fully saturated rings. The van der Waals surface area contributed by atoms with Gasteiger partial charge in [0, 0.05) is 23.8 Å². The first-order valence-corrected chi connectivity index (χ1v) is 8.90. The zero-order valence-electron chi connectivity index (χ0n) is 14.0. The number of methoxy groups -OCH3 is 1. The van der Waals surface area contributed by atoms with Crippen molar-refractivity contribution in [1.29, 1.82) is 0 Å². The van der Waals surface area contributed by atoms with Crippen molar-refractivity contribution in [3.63, 3.8) is 0 Å². The van der Waals surface area contributed by atoms with Crippen LogP contribution in [0.3, 0.4) is 0 Å². The molecule has 1 atom stereocenters. The summed E-state index contributed by atoms with van der Waals surface area (Å²) in [5.74, 6) is -0.356. The Hall–Kier alpha value is -1.44. The van der Waals surface area contributed by atoms with E-state index in [0.717, 1.165) is 15.7 Å². The molecule has 0 spiro atoms. The van der Waals surface area contributed by atoms with E-state index in [0.29, 0.717) is 23.8 Å². The number of hydrogen-bond acceptors (Lipinski definition) is 4. The standard InChI is InChI=1S/C17H21BrN2O3S/c1-4-20-11(2)14(16(21)23-10-9-22-3)15(19-17(20)24)12-5-7-13(18)8-6-12/h5-8,15H,4,9-10H2,1-3H3,(H,19,24)/t15-/m1/s1. The van der Waals surface area contributed by atoms with Crippen molar-refractivity contribution in [3.8, 4) is 0 Å². The number of nitrogens with zero attached hydrogens (tertiary/aromatic N) is 1. The topological polar surface area (TPSA) is 50.8 Å². The number of carbonyl (C=O) groups excluding carboxylic acids is 1. The van der Waals surface area contributed by atoms with Gasteiger partial charge >= 0.3 is 5.97 Å². The molecule has 0 unspecified atom stereocenters. The Morgan fingerprint density at radius 3 is 2.58 bits per heavy atom. The van der Waals surface area contributed by atoms with E-state index in [1.165, 1.54) is 0 Å². The number of nitrogens with one attached hydrogen (secondary N) is 1. The third kappa shape index (κ3) is 4.15. The second-order valence-electron chi connectivity index (χ2n) is 5.31. The van der Waals surface area contributed by atoms with Gasteiger partial charge in [-0.05, 0) is 43.8 Å². The maximum Gasteiger partial charge on any atom is 0.338 e. The van der Waals surface area contributed by atoms with Gasteiger partial charge in [0.25, 0.3) is 0 Å². The number of benzene rings is 1. The SMILES string of the molecule is CCN1C(=S)N[C@H](c2ccc(Br)cc2)C(C(=O)OCCOC)=C1C. The van der Waals surface area contributed by atoms with Crippen LogP contribution in [0.5, 0.6) is 0 Å². The molecule has 0 aliphatic carbocycles. The molecule has 5 nitrogen and oxygen atoms in total. The summed E-state index contributed by atoms with van der Waals surface area (Å²) in [6.07, 6.45) is 0. The number of carbonyl (C=O) groups is 1. The van der Waals surface area contributed by atoms with Crippen molar-refractivity contribution in [3.05, 3.63) is 45.6 Å². The number of allylic oxidation sites excluding steroid dienone is 1. The normalized spacial score (nSPS) is 17.8. The fourth-order valence-corrected chi connectivity index (χ4v) is 3.28. The predicted molar refractivity (Wildman–Crippen MR) is 101 cm³/mol. The molecule has 0 saturated heterocycles. The largest absolute Gasteiger partial charge is 0.460 e. The van der Waals surface area contributed by atoms with Crippen LogP contribution in [0.4, 0.5) is 0 Å². The number of ether oxygens (including phenoxy) is 2. The van der Waals surface area contributed by atoms with Crippen LogP contribution in [0.1, 0.15) is 25.5 Å². The average molecular weight is 413 g/mol. The van der Waals surface area contributed by atoms with E-state index in [-0.39, 0.29) is 18.6 Å². The summed E-state index contributed by atoms with van der Waals surface area (Å²) in [4.78, 5) is 14.5. The van der Waals surface area contributed by atoms with Crippen LogP contribution in [0.25, 0.3) is 0 Å². The predicted octanol–water partition coefficient (Wildman–Crippen LogP) is 3.16. The lowest BCUT2D eigenvalue weighted by Gasteiger charge is -2.37. The summed E-state index contributed by atoms with van der Waals surface area (Å²) in [5, 5.41) is 3.86. The zero-order valence-corrected chi connectivity index (χ0v) is 16.4. The van der Waals surface area contributed by atoms with E-state index in [1.807, 2.05) is 43.0 Å². The van der Waals surface area contributed by atoms with Crippen LogP contribution in [0.2, 0.25) is 0 Å². The second kappa shape index (κ2) is 8.60. The Morgan fingerprint density at radius 2 is 2.00 bits per heavy atom. The molecule has 1 aromatic carbocycles. The fourth-order valence-electron chi connectivity index (χ4n) is 2.63. The van der Waals surface area contributed by atoms with Gasteiger partial charge < -0.3 is 19.7 Å². The molecule has 2 rings (SSSR count). The Kier molecular flexibility index (Phi) is 6.77. The molecule has 1 N–H and O–H groups in total. The Labute approximate surface area is 156 Å². The lowest BCUT2D eigenvalue weighted by molar-refractivity contribution is -0.140. The van der Waals surface area contributed by atoms with Gasteiger partial charge in [-0.1, -0.05) is 28.1 Å². The zero-order chi connectivity index (χ0) is 17.7. The Balaban J connectivity index is 2.39. The molecule has 7 heteroatoms. The van der Waals surface area contributed by atoms with E-state index in [2.05, 4.69) is 21.2 Å². The first-order chi connectivity index (χ1) is 11.5. The second-order valence-corrected chi connectivity index (χ2v) is 6.61. The van der Waals surface area contributed by atoms with Crippen LogP contribution in [-0.4, -0.2) is 42.8 Å². The van der Waals surface area contributed by atoms with E-state index in [9.17, 15) is 4.79 Å². The monoisotopic (exact) mass is 412 g/mol. The summed E-state index contributed by atoms with van der Waals surface area (Å²) in [6, 6.07) is 7.47. The highest BCUT2D eigenvalue weighted by molar-refractivity contribution is 9.10. The van der Waals surface area contributed by atoms with Crippen LogP contribution in [0.15, 0.2) is 40.0 Å². The molecule has 0 saturated carbocycles. The fraction of sp³-hybridized carbons (Fsp3) is 0.412. The molecule has 1 heterocycles. The van der Waals surface area contributed by atoms with E-state index >= 15 is 0 Å². The smallest absolute Gasteiger partial charge is 0.338 e. The lowest BCUT2D eigenvalue weighted by atomic mass is 9.95. The molecule has 1 aliphatic heterocycles. The van der Waals surface area contributed by atoms with Gasteiger partial charge in [0.05, 0.1) is 18.2 Å². The molecular weight excluding hydrogens is 392 g/mol. The summed E-state index contributed by atoms with van der Waals surface area (Å²) >= 11 is 8.88. The van der Waals surface area contributed by atoms with Gasteiger partial charge in [0.2, 0.25) is 0 Å². The lowest BCUT2D eigenvalue weighted by Crippen LogP contribution is -2.47. The van der Waals surface area contributed by atoms with Crippen molar-refractivity contribution in [1.82, 2.24) is 10.2 Å². The Bertz CT molecular complexity index is 646. The van der Waals surface area contributed by atoms with Crippen LogP contribution < -0.4 is 5.32 Å². The Morgan fingerprint density at radius 1 is 1.33 bits per heavy atom. The van der Waals surface area contributed by atoms with E-state index in [1.54, 1.807) is 7.11 Å². The minimum absolute atomic E-state index is 0.218. The highest BCUT2D eigenvalue weighted by atomic mass is 79.9. The van der Waals surface area contributed by atoms with Gasteiger partial charge in [0.1, 0.15) is 6.61 Å². The third-order valence-corrected chi connectivity index (χ3v) is 4.72. The third-order valence-electron chi connectivity index (χ3n) is 3.86. The minimum atomic E-state index is -0.356. The van der Waals surface area contributed by atoms with Crippen molar-refractivity contribution < 1.29 is 14.3 Å². The number of thiocarbonyl (C=S) groups is 1. The summed E-state index contributed by atoms with van der Waals surface area (Å²) < 4.78 is 11.3. The highest BCUT2D eigenvalue weighted by Gasteiger charge is 2.34. The summed E-state index contributed by atoms with van der Waals surface area (Å²) in [7, 11) is 1.57. The quantitative estimate of drug-likeness (QED) is 0.439. The molecule has 24 heavy (non-hydrogen) atoms. The minimum Gasteiger partial charge on any atom is -0.460 e. The van der Waals surface area contributed by atoms with Gasteiger partial charge in [-0.3, -0.25) is 0 Å². The van der Waals surface area contributed by atoms with Gasteiger partial charge in [-0.2, -0.15) is 0 Å². The highest BCUT2D eigenvalue weighted by Crippen LogP contribution is 2.31. The molecule has 0 amide bonds. The number of rotatable bonds is 6. The first-order valence-electron chi connectivity index (χ1n) is 7.69. The van der Waals surface area contributed by atoms with Gasteiger partial charge in [-0.25, -0.2) is 4.79 Å². The van der Waals surface area contributed by atoms with Crippen LogP contribution in [-0.2, 0) is 14.3 Å². The molecule has 0 aromatic heterocycles. The van der Waals surface area contributed by atoms with E-state index in [4.69, 9.17) is 21.7 Å². The van der Waals surface area contributed by atoms with Gasteiger partial charge in [0.15, 0.2) is 5.11 Å². The summed E-state index contributed by atoms with van der Waals surface area (Å²) in [6.45, 7) is 5.15. The first kappa shape index (κ1) is 18.9. The van der Waals surface area contributed by atoms with Gasteiger partial charge in [-0.15, -0.1) is 0 Å². The van der Waals surface area contributed by atoms with Crippen LogP contribution in [0, 0.1) is 0 Å². The van der Waals surface area contributed by atoms with Crippen molar-refractivity contribution >= 4 is 39.2 Å². The van der Waals surface area contributed by atoms with Crippen LogP contribution >= 0.6 is 28.1 Å². The van der Waals surface area contributed by atoms with Crippen molar-refractivity contribution in [2.45, 2.75) is 19.9 Å². The molecular formula is C17H21BrN2O3S. The van der Waals surface area contributed by atoms with E-state index < -0.39 is 0 Å². The number of hydrogen-bond donors (Lipinski definition) is 1. The molecule has 0 bridgehead atoms. The number of esters is 1. The summed E-state index contributed by atoms with van der Waals surface area (Å²) in [5.41, 5.74) is 2.34. The maximum atomic E-state index is 12.6. The van der Waals surface area contributed by atoms with Crippen molar-refractivity contribution in [2.24, 2.45) is 0 Å². The van der Waals surface area contributed by atoms with Crippen molar-refractivity contribution in [2.75, 3.05) is 26.9 Å². The molecule has 0 radical (unpaired) electrons. The maximum absolute atomic E-state index is 12.6. The number of halogens is 1. The molecule has 1 aromatic rings. The molecule has 130 valence electrons. The molecule has 1 aliphatic rings.